The predicted molar refractivity (Wildman–Crippen MR) is 101 cm³/mol. The van der Waals surface area contributed by atoms with Crippen LogP contribution in [-0.2, 0) is 4.79 Å². The lowest BCUT2D eigenvalue weighted by Crippen LogP contribution is -2.37. The number of ether oxygens (including phenoxy) is 3. The van der Waals surface area contributed by atoms with E-state index in [-0.39, 0.29) is 11.2 Å². The van der Waals surface area contributed by atoms with E-state index in [1.54, 1.807) is 31.2 Å². The Morgan fingerprint density at radius 2 is 1.79 bits per heavy atom. The third-order valence-corrected chi connectivity index (χ3v) is 4.36. The van der Waals surface area contributed by atoms with Crippen LogP contribution in [0.25, 0.3) is 22.1 Å². The van der Waals surface area contributed by atoms with Crippen LogP contribution in [0.15, 0.2) is 45.6 Å². The highest BCUT2D eigenvalue weighted by molar-refractivity contribution is 5.84. The molecule has 0 saturated carbocycles. The van der Waals surface area contributed by atoms with Crippen LogP contribution in [-0.4, -0.2) is 26.3 Å². The van der Waals surface area contributed by atoms with E-state index in [0.29, 0.717) is 39.4 Å². The van der Waals surface area contributed by atoms with Crippen molar-refractivity contribution in [2.45, 2.75) is 20.0 Å². The fraction of sp³-hybridized carbons (Fsp3) is 0.238. The minimum Gasteiger partial charge on any atom is -0.546 e. The molecule has 0 bridgehead atoms. The molecule has 0 radical (unpaired) electrons. The van der Waals surface area contributed by atoms with Crippen molar-refractivity contribution in [3.8, 4) is 28.4 Å². The molecule has 28 heavy (non-hydrogen) atoms. The molecule has 0 aliphatic carbocycles. The van der Waals surface area contributed by atoms with Crippen molar-refractivity contribution in [1.29, 1.82) is 0 Å². The zero-order valence-corrected chi connectivity index (χ0v) is 15.9. The molecule has 3 rings (SSSR count). The molecular formula is C21H19O7-. The second kappa shape index (κ2) is 7.64. The Kier molecular flexibility index (Phi) is 5.26. The number of rotatable bonds is 6. The van der Waals surface area contributed by atoms with Gasteiger partial charge in [0.2, 0.25) is 5.43 Å². The van der Waals surface area contributed by atoms with Gasteiger partial charge in [0.1, 0.15) is 23.2 Å². The Morgan fingerprint density at radius 3 is 2.43 bits per heavy atom. The Labute approximate surface area is 161 Å². The van der Waals surface area contributed by atoms with E-state index < -0.39 is 12.1 Å². The van der Waals surface area contributed by atoms with Gasteiger partial charge >= 0.3 is 0 Å². The maximum absolute atomic E-state index is 13.1. The van der Waals surface area contributed by atoms with E-state index in [4.69, 9.17) is 18.6 Å². The maximum Gasteiger partial charge on any atom is 0.200 e. The number of carbonyl (C=O) groups excluding carboxylic acids is 1. The summed E-state index contributed by atoms with van der Waals surface area (Å²) in [7, 11) is 3.06. The summed E-state index contributed by atoms with van der Waals surface area (Å²) < 4.78 is 21.6. The van der Waals surface area contributed by atoms with Gasteiger partial charge in [0, 0.05) is 6.07 Å². The zero-order valence-electron chi connectivity index (χ0n) is 15.9. The topological polar surface area (TPSA) is 98.0 Å². The molecule has 0 N–H and O–H groups in total. The lowest BCUT2D eigenvalue weighted by Gasteiger charge is -2.16. The van der Waals surface area contributed by atoms with E-state index >= 15 is 0 Å². The van der Waals surface area contributed by atoms with Crippen molar-refractivity contribution in [1.82, 2.24) is 0 Å². The fourth-order valence-corrected chi connectivity index (χ4v) is 2.94. The summed E-state index contributed by atoms with van der Waals surface area (Å²) >= 11 is 0. The number of hydrogen-bond donors (Lipinski definition) is 0. The summed E-state index contributed by atoms with van der Waals surface area (Å²) in [5, 5.41) is 11.2. The molecule has 1 atom stereocenters. The van der Waals surface area contributed by atoms with E-state index in [1.807, 2.05) is 0 Å². The largest absolute Gasteiger partial charge is 0.546 e. The number of methoxy groups -OCH3 is 2. The lowest BCUT2D eigenvalue weighted by atomic mass is 10.0. The van der Waals surface area contributed by atoms with Crippen LogP contribution in [0.3, 0.4) is 0 Å². The van der Waals surface area contributed by atoms with Crippen molar-refractivity contribution in [2.75, 3.05) is 14.2 Å². The lowest BCUT2D eigenvalue weighted by molar-refractivity contribution is -0.312. The molecule has 1 unspecified atom stereocenters. The third-order valence-electron chi connectivity index (χ3n) is 4.36. The summed E-state index contributed by atoms with van der Waals surface area (Å²) in [5.41, 5.74) is 1.13. The Morgan fingerprint density at radius 1 is 1.07 bits per heavy atom. The van der Waals surface area contributed by atoms with Crippen LogP contribution in [0.2, 0.25) is 0 Å². The molecule has 7 heteroatoms. The van der Waals surface area contributed by atoms with Crippen LogP contribution < -0.4 is 24.7 Å². The quantitative estimate of drug-likeness (QED) is 0.644. The van der Waals surface area contributed by atoms with Gasteiger partial charge in [-0.3, -0.25) is 4.79 Å². The highest BCUT2D eigenvalue weighted by Crippen LogP contribution is 2.33. The standard InChI is InChI=1S/C21H20O7/c1-11-19(13-5-8-16(25-3)18(9-13)26-4)20(22)15-7-6-14(10-17(15)28-11)27-12(2)21(23)24/h5-10,12H,1-4H3,(H,23,24)/p-1. The Bertz CT molecular complexity index is 1100. The first kappa shape index (κ1) is 19.3. The average molecular weight is 383 g/mol. The van der Waals surface area contributed by atoms with Crippen molar-refractivity contribution >= 4 is 16.9 Å². The molecule has 146 valence electrons. The summed E-state index contributed by atoms with van der Waals surface area (Å²) in [5.74, 6) is 0.402. The van der Waals surface area contributed by atoms with Crippen LogP contribution in [0.4, 0.5) is 0 Å². The van der Waals surface area contributed by atoms with Gasteiger partial charge in [-0.05, 0) is 43.7 Å². The molecule has 0 amide bonds. The molecule has 1 heterocycles. The van der Waals surface area contributed by atoms with Gasteiger partial charge in [-0.15, -0.1) is 0 Å². The van der Waals surface area contributed by atoms with Crippen LogP contribution >= 0.6 is 0 Å². The number of carboxylic acid groups (broad SMARTS) is 1. The van der Waals surface area contributed by atoms with Gasteiger partial charge in [0.05, 0.1) is 31.1 Å². The third kappa shape index (κ3) is 3.51. The molecule has 1 aromatic heterocycles. The number of benzene rings is 2. The SMILES string of the molecule is COc1ccc(-c2c(C)oc3cc(OC(C)C(=O)[O-])ccc3c2=O)cc1OC. The number of aryl methyl sites for hydroxylation is 1. The number of fused-ring (bicyclic) bond motifs is 1. The second-order valence-electron chi connectivity index (χ2n) is 6.17. The van der Waals surface area contributed by atoms with Crippen LogP contribution in [0.5, 0.6) is 17.2 Å². The van der Waals surface area contributed by atoms with E-state index in [2.05, 4.69) is 0 Å². The van der Waals surface area contributed by atoms with Crippen molar-refractivity contribution in [3.05, 3.63) is 52.4 Å². The minimum atomic E-state index is -1.33. The van der Waals surface area contributed by atoms with Gasteiger partial charge in [-0.2, -0.15) is 0 Å². The number of carbonyl (C=O) groups is 1. The Hall–Kier alpha value is -3.48. The molecule has 0 aliphatic rings. The molecule has 0 aliphatic heterocycles. The molecular weight excluding hydrogens is 364 g/mol. The highest BCUT2D eigenvalue weighted by Gasteiger charge is 2.16. The van der Waals surface area contributed by atoms with Crippen LogP contribution in [0, 0.1) is 6.92 Å². The van der Waals surface area contributed by atoms with Gasteiger partial charge in [-0.25, -0.2) is 0 Å². The average Bonchev–Trinajstić information content (AvgIpc) is 2.67. The van der Waals surface area contributed by atoms with Crippen LogP contribution in [0.1, 0.15) is 12.7 Å². The van der Waals surface area contributed by atoms with E-state index in [9.17, 15) is 14.7 Å². The summed E-state index contributed by atoms with van der Waals surface area (Å²) in [6, 6.07) is 9.74. The van der Waals surface area contributed by atoms with Gasteiger partial charge < -0.3 is 28.5 Å². The second-order valence-corrected chi connectivity index (χ2v) is 6.17. The van der Waals surface area contributed by atoms with E-state index in [1.165, 1.54) is 33.3 Å². The number of carboxylic acids is 1. The molecule has 2 aromatic carbocycles. The first-order chi connectivity index (χ1) is 13.3. The number of aliphatic carboxylic acids is 1. The Balaban J connectivity index is 2.11. The summed E-state index contributed by atoms with van der Waals surface area (Å²) in [6.45, 7) is 3.05. The maximum atomic E-state index is 13.1. The van der Waals surface area contributed by atoms with Gasteiger partial charge in [0.25, 0.3) is 0 Å². The molecule has 0 saturated heterocycles. The molecule has 0 fully saturated rings. The monoisotopic (exact) mass is 383 g/mol. The summed E-state index contributed by atoms with van der Waals surface area (Å²) in [6.07, 6.45) is -1.13. The smallest absolute Gasteiger partial charge is 0.200 e. The van der Waals surface area contributed by atoms with Crippen molar-refractivity contribution in [3.63, 3.8) is 0 Å². The van der Waals surface area contributed by atoms with E-state index in [0.717, 1.165) is 0 Å². The fourth-order valence-electron chi connectivity index (χ4n) is 2.94. The summed E-state index contributed by atoms with van der Waals surface area (Å²) in [4.78, 5) is 23.9. The molecule has 0 spiro atoms. The highest BCUT2D eigenvalue weighted by atomic mass is 16.5. The zero-order chi connectivity index (χ0) is 20.4. The molecule has 7 nitrogen and oxygen atoms in total. The van der Waals surface area contributed by atoms with Gasteiger partial charge in [-0.1, -0.05) is 6.07 Å². The molecule has 3 aromatic rings. The first-order valence-electron chi connectivity index (χ1n) is 8.53. The normalized spacial score (nSPS) is 11.9. The minimum absolute atomic E-state index is 0.217. The van der Waals surface area contributed by atoms with Crippen molar-refractivity contribution < 1.29 is 28.5 Å². The number of hydrogen-bond acceptors (Lipinski definition) is 7. The van der Waals surface area contributed by atoms with Gasteiger partial charge in [0.15, 0.2) is 11.5 Å². The predicted octanol–water partition coefficient (Wildman–Crippen LogP) is 2.30. The van der Waals surface area contributed by atoms with Crippen molar-refractivity contribution in [2.24, 2.45) is 0 Å². The first-order valence-corrected chi connectivity index (χ1v) is 8.53.